The number of anilines is 2. The second-order valence-corrected chi connectivity index (χ2v) is 29.1. The molecule has 37 heteroatoms. The van der Waals surface area contributed by atoms with Crippen LogP contribution in [0.4, 0.5) is 21.0 Å². The van der Waals surface area contributed by atoms with Crippen LogP contribution in [0.1, 0.15) is 119 Å². The van der Waals surface area contributed by atoms with E-state index in [1.165, 1.54) is 86.9 Å². The lowest BCUT2D eigenvalue weighted by Gasteiger charge is -2.38. The van der Waals surface area contributed by atoms with Crippen molar-refractivity contribution in [1.82, 2.24) is 20.4 Å². The third-order valence-corrected chi connectivity index (χ3v) is 18.9. The number of carboxylic acid groups (broad SMARTS) is 2. The zero-order valence-electron chi connectivity index (χ0n) is 62.9. The van der Waals surface area contributed by atoms with E-state index in [-0.39, 0.29) is 124 Å². The summed E-state index contributed by atoms with van der Waals surface area (Å²) in [6.07, 6.45) is -21.2. The number of amides is 6. The monoisotopic (exact) mass is 1580 g/mol. The van der Waals surface area contributed by atoms with Gasteiger partial charge in [0, 0.05) is 44.4 Å². The Hall–Kier alpha value is -9.74. The molecule has 0 spiro atoms. The van der Waals surface area contributed by atoms with E-state index in [4.69, 9.17) is 71.1 Å². The number of hydrogen-bond acceptors (Lipinski definition) is 29. The fourth-order valence-corrected chi connectivity index (χ4v) is 13.4. The summed E-state index contributed by atoms with van der Waals surface area (Å²) in [4.78, 5) is 112. The number of methoxy groups -OCH3 is 3. The van der Waals surface area contributed by atoms with Crippen LogP contribution in [-0.4, -0.2) is 277 Å². The third-order valence-electron chi connectivity index (χ3n) is 18.9. The van der Waals surface area contributed by atoms with Crippen molar-refractivity contribution in [3.63, 3.8) is 0 Å². The van der Waals surface area contributed by atoms with Crippen molar-refractivity contribution >= 4 is 59.1 Å². The quantitative estimate of drug-likeness (QED) is 0.0254. The van der Waals surface area contributed by atoms with Crippen LogP contribution >= 0.6 is 0 Å². The van der Waals surface area contributed by atoms with E-state index in [2.05, 4.69) is 27.8 Å². The Morgan fingerprint density at radius 3 is 1.45 bits per heavy atom. The molecule has 6 heterocycles. The molecule has 4 aromatic rings. The van der Waals surface area contributed by atoms with E-state index in [0.29, 0.717) is 58.5 Å². The molecular formula is C75H96N6O31. The van der Waals surface area contributed by atoms with Gasteiger partial charge in [0.1, 0.15) is 61.3 Å². The molecule has 6 amide bonds. The topological polar surface area (TPSA) is 491 Å². The Labute approximate surface area is 643 Å². The van der Waals surface area contributed by atoms with Gasteiger partial charge in [-0.1, -0.05) is 38.1 Å². The first-order valence-corrected chi connectivity index (χ1v) is 36.1. The van der Waals surface area contributed by atoms with E-state index in [1.54, 1.807) is 25.7 Å². The highest BCUT2D eigenvalue weighted by Gasteiger charge is 2.51. The number of aliphatic hydroxyl groups is 6. The van der Waals surface area contributed by atoms with Crippen molar-refractivity contribution in [2.24, 2.45) is 5.41 Å². The van der Waals surface area contributed by atoms with Gasteiger partial charge in [0.15, 0.2) is 47.8 Å². The maximum Gasteiger partial charge on any atom is 0.411 e. The Kier molecular flexibility index (Phi) is 28.2. The molecule has 0 aromatic heterocycles. The number of benzene rings is 4. The summed E-state index contributed by atoms with van der Waals surface area (Å²) in [5, 5.41) is 92.9. The minimum absolute atomic E-state index is 0.00873. The van der Waals surface area contributed by atoms with Crippen LogP contribution in [-0.2, 0) is 65.4 Å². The number of aliphatic hydroxyl groups excluding tert-OH is 6. The van der Waals surface area contributed by atoms with Gasteiger partial charge in [-0.05, 0) is 106 Å². The van der Waals surface area contributed by atoms with Crippen LogP contribution in [0.15, 0.2) is 72.8 Å². The molecule has 6 aliphatic heterocycles. The number of carbonyl (C=O) groups excluding carboxylic acids is 6. The minimum atomic E-state index is -2.02. The van der Waals surface area contributed by atoms with Gasteiger partial charge in [0.05, 0.1) is 106 Å². The lowest BCUT2D eigenvalue weighted by molar-refractivity contribution is -0.271. The normalized spacial score (nSPS) is 24.5. The van der Waals surface area contributed by atoms with Crippen molar-refractivity contribution in [1.29, 1.82) is 0 Å². The standard InChI is InChI=1S/C75H96N6O31/c1-37-25-46(68-103-21-22-104-68)80(33-37)64(90)40-28-50(99-8)52(30-44(40)77-72(96)107-34-38-13-15-48(42(26-38)62(88)76-17-20-98-7)109-70-58(86)54(82)56(84)60(111-70)66(92)93)101-18-11-10-12-19-102-53-31-45(41(29-51(53)100-9)65(91)81-36-75(5,6)32-47(81)69-105-23-24-106-69)78-73(97)108-35-39-14-16-49(43(27-39)63(89)79-74(2,3)4)110-71-59(87)55(83)57(85)61(112-71)67(94)95/h13-16,26-31,46-47,54-61,68-71,82-87H,1,10-12,17-25,32-36H2,2-9H3,(H,76,88)(H,77,96)(H,78,97)(H,79,89)(H,92,93)(H,94,95)/t46-,47-,54-,55-,56-,57-,58+,59+,60-,61-,70+,71+/m0/s1. The first-order chi connectivity index (χ1) is 53.3. The van der Waals surface area contributed by atoms with Gasteiger partial charge in [-0.2, -0.15) is 0 Å². The molecule has 10 rings (SSSR count). The van der Waals surface area contributed by atoms with E-state index in [1.807, 2.05) is 13.8 Å². The predicted molar refractivity (Wildman–Crippen MR) is 386 cm³/mol. The molecule has 0 bridgehead atoms. The smallest absolute Gasteiger partial charge is 0.411 e. The average molecular weight is 1580 g/mol. The largest absolute Gasteiger partial charge is 0.493 e. The van der Waals surface area contributed by atoms with Crippen molar-refractivity contribution in [2.45, 2.75) is 172 Å². The number of carboxylic acids is 2. The molecule has 12 atom stereocenters. The highest BCUT2D eigenvalue weighted by atomic mass is 16.7. The molecule has 6 aliphatic rings. The highest BCUT2D eigenvalue weighted by molar-refractivity contribution is 6.05. The summed E-state index contributed by atoms with van der Waals surface area (Å²) in [6, 6.07) is 12.5. The molecule has 6 saturated heterocycles. The van der Waals surface area contributed by atoms with Crippen molar-refractivity contribution in [3.05, 3.63) is 106 Å². The number of rotatable bonds is 31. The van der Waals surface area contributed by atoms with E-state index in [9.17, 15) is 79.2 Å². The molecule has 0 radical (unpaired) electrons. The first-order valence-electron chi connectivity index (χ1n) is 36.1. The van der Waals surface area contributed by atoms with Gasteiger partial charge in [-0.25, -0.2) is 19.2 Å². The molecule has 6 fully saturated rings. The summed E-state index contributed by atoms with van der Waals surface area (Å²) in [5.74, 6) is -5.86. The summed E-state index contributed by atoms with van der Waals surface area (Å²) >= 11 is 0. The third kappa shape index (κ3) is 20.7. The molecule has 12 N–H and O–H groups in total. The first kappa shape index (κ1) is 84.7. The second-order valence-electron chi connectivity index (χ2n) is 29.1. The molecular weight excluding hydrogens is 1480 g/mol. The van der Waals surface area contributed by atoms with Gasteiger partial charge >= 0.3 is 24.1 Å². The maximum atomic E-state index is 15.0. The minimum Gasteiger partial charge on any atom is -0.493 e. The molecule has 0 saturated carbocycles. The number of nitrogens with zero attached hydrogens (tertiary/aromatic N) is 2. The molecule has 4 aromatic carbocycles. The lowest BCUT2D eigenvalue weighted by Crippen LogP contribution is -2.61. The van der Waals surface area contributed by atoms with Crippen molar-refractivity contribution in [2.75, 3.05) is 97.8 Å². The molecule has 0 unspecified atom stereocenters. The van der Waals surface area contributed by atoms with Gasteiger partial charge in [0.2, 0.25) is 12.6 Å². The van der Waals surface area contributed by atoms with Crippen molar-refractivity contribution in [3.8, 4) is 34.5 Å². The Morgan fingerprint density at radius 2 is 1.00 bits per heavy atom. The van der Waals surface area contributed by atoms with Crippen LogP contribution in [0.3, 0.4) is 0 Å². The highest BCUT2D eigenvalue weighted by Crippen LogP contribution is 2.43. The van der Waals surface area contributed by atoms with Crippen LogP contribution in [0.5, 0.6) is 34.5 Å². The molecule has 37 nitrogen and oxygen atoms in total. The second kappa shape index (κ2) is 37.3. The van der Waals surface area contributed by atoms with E-state index in [0.717, 1.165) is 5.57 Å². The number of aliphatic carboxylic acids is 2. The fraction of sp³-hybridized carbons (Fsp3) is 0.547. The number of carbonyl (C=O) groups is 8. The molecule has 112 heavy (non-hydrogen) atoms. The molecule has 0 aliphatic carbocycles. The number of ether oxygens (including phenoxy) is 15. The number of hydrogen-bond donors (Lipinski definition) is 12. The zero-order valence-corrected chi connectivity index (χ0v) is 62.9. The summed E-state index contributed by atoms with van der Waals surface area (Å²) < 4.78 is 86.2. The van der Waals surface area contributed by atoms with Crippen LogP contribution in [0.2, 0.25) is 0 Å². The average Bonchev–Trinajstić information content (AvgIpc) is 1.62. The van der Waals surface area contributed by atoms with Crippen molar-refractivity contribution < 1.29 is 150 Å². The van der Waals surface area contributed by atoms with Crippen LogP contribution < -0.4 is 49.7 Å². The van der Waals surface area contributed by atoms with E-state index >= 15 is 0 Å². The van der Waals surface area contributed by atoms with Gasteiger partial charge in [-0.3, -0.25) is 29.8 Å². The molecule has 612 valence electrons. The number of unbranched alkanes of at least 4 members (excludes halogenated alkanes) is 2. The summed E-state index contributed by atoms with van der Waals surface area (Å²) in [7, 11) is 4.16. The Morgan fingerprint density at radius 1 is 0.545 bits per heavy atom. The summed E-state index contributed by atoms with van der Waals surface area (Å²) in [5.41, 5.74) is -0.569. The summed E-state index contributed by atoms with van der Waals surface area (Å²) in [6.45, 7) is 14.2. The Balaban J connectivity index is 0.835. The Bertz CT molecular complexity index is 4070. The van der Waals surface area contributed by atoms with Gasteiger partial charge in [0.25, 0.3) is 23.6 Å². The van der Waals surface area contributed by atoms with Crippen LogP contribution in [0.25, 0.3) is 0 Å². The van der Waals surface area contributed by atoms with E-state index < -0.39 is 153 Å². The maximum absolute atomic E-state index is 15.0. The van der Waals surface area contributed by atoms with Crippen LogP contribution in [0, 0.1) is 5.41 Å². The SMILES string of the molecule is C=C1C[C@@H](C2OCCO2)N(C(=O)c2cc(OC)c(OCCCCCOc3cc(NC(=O)OCc4ccc(O[C@@H]5O[C@H](C(=O)O)[C@@H](O)[C@H](O)[C@H]5O)c(C(=O)NC(C)(C)C)c4)c(C(=O)N4CC(C)(C)C[C@H]4C4OCCO4)cc3OC)cc2NC(=O)OCc2ccc(O[C@@H]3O[C@H](C(=O)O)[C@@H](O)[C@H](O)[C@H]3O)c(C(=O)NCCOC)c2)C1. The zero-order chi connectivity index (χ0) is 81.0. The predicted octanol–water partition coefficient (Wildman–Crippen LogP) is 3.03. The lowest BCUT2D eigenvalue weighted by atomic mass is 9.90. The van der Waals surface area contributed by atoms with Gasteiger partial charge < -0.3 is 132 Å². The fourth-order valence-electron chi connectivity index (χ4n) is 13.4. The van der Waals surface area contributed by atoms with Gasteiger partial charge in [-0.15, -0.1) is 0 Å². The number of likely N-dealkylation sites (tertiary alicyclic amines) is 2. The number of nitrogens with one attached hydrogen (secondary N) is 4.